The molecule has 76 valence electrons. The van der Waals surface area contributed by atoms with Gasteiger partial charge in [-0.15, -0.1) is 0 Å². The molecule has 1 atom stereocenters. The number of carbonyl (C=O) groups excluding carboxylic acids is 1. The fraction of sp³-hybridized carbons (Fsp3) is 0.364. The minimum absolute atomic E-state index is 0.00357. The monoisotopic (exact) mass is 192 g/mol. The van der Waals surface area contributed by atoms with Crippen LogP contribution in [0.15, 0.2) is 30.3 Å². The van der Waals surface area contributed by atoms with Crippen molar-refractivity contribution in [3.05, 3.63) is 35.9 Å². The van der Waals surface area contributed by atoms with E-state index in [2.05, 4.69) is 5.32 Å². The highest BCUT2D eigenvalue weighted by Gasteiger charge is 2.07. The highest BCUT2D eigenvalue weighted by Crippen LogP contribution is 2.10. The molecule has 1 unspecified atom stereocenters. The third-order valence-electron chi connectivity index (χ3n) is 2.05. The molecule has 0 aliphatic carbocycles. The van der Waals surface area contributed by atoms with Gasteiger partial charge in [-0.3, -0.25) is 4.79 Å². The molecule has 1 aromatic carbocycles. The number of amides is 1. The van der Waals surface area contributed by atoms with E-state index in [1.165, 1.54) is 0 Å². The zero-order chi connectivity index (χ0) is 10.4. The summed E-state index contributed by atoms with van der Waals surface area (Å²) in [5.74, 6) is 0.00357. The van der Waals surface area contributed by atoms with E-state index in [-0.39, 0.29) is 11.9 Å². The zero-order valence-corrected chi connectivity index (χ0v) is 8.36. The standard InChI is InChI=1S/C11H16N2O/c1-9(13-11(14)7-8-12)10-5-3-2-4-6-10/h2-6,9H,7-8,12H2,1H3,(H,13,14). The second-order valence-corrected chi connectivity index (χ2v) is 3.24. The van der Waals surface area contributed by atoms with E-state index in [9.17, 15) is 4.79 Å². The van der Waals surface area contributed by atoms with Crippen LogP contribution < -0.4 is 11.1 Å². The van der Waals surface area contributed by atoms with Crippen LogP contribution in [0.25, 0.3) is 0 Å². The molecule has 1 amide bonds. The van der Waals surface area contributed by atoms with Crippen LogP contribution in [0.1, 0.15) is 24.9 Å². The molecular formula is C11H16N2O. The van der Waals surface area contributed by atoms with Crippen LogP contribution in [0.4, 0.5) is 0 Å². The van der Waals surface area contributed by atoms with Crippen LogP contribution in [0, 0.1) is 0 Å². The Morgan fingerprint density at radius 3 is 2.64 bits per heavy atom. The number of benzene rings is 1. The molecule has 0 aliphatic heterocycles. The number of rotatable bonds is 4. The van der Waals surface area contributed by atoms with Gasteiger partial charge in [-0.2, -0.15) is 0 Å². The molecule has 0 aromatic heterocycles. The quantitative estimate of drug-likeness (QED) is 0.753. The first-order valence-corrected chi connectivity index (χ1v) is 4.78. The maximum absolute atomic E-state index is 11.2. The van der Waals surface area contributed by atoms with Gasteiger partial charge in [0.05, 0.1) is 6.04 Å². The van der Waals surface area contributed by atoms with E-state index in [1.807, 2.05) is 37.3 Å². The second-order valence-electron chi connectivity index (χ2n) is 3.24. The molecule has 14 heavy (non-hydrogen) atoms. The maximum atomic E-state index is 11.2. The molecule has 3 heteroatoms. The smallest absolute Gasteiger partial charge is 0.221 e. The minimum atomic E-state index is 0.00357. The fourth-order valence-corrected chi connectivity index (χ4v) is 1.27. The summed E-state index contributed by atoms with van der Waals surface area (Å²) in [7, 11) is 0. The van der Waals surface area contributed by atoms with E-state index in [0.717, 1.165) is 5.56 Å². The van der Waals surface area contributed by atoms with Crippen molar-refractivity contribution in [3.8, 4) is 0 Å². The summed E-state index contributed by atoms with van der Waals surface area (Å²) in [5, 5.41) is 2.88. The summed E-state index contributed by atoms with van der Waals surface area (Å²) in [5.41, 5.74) is 6.39. The molecule has 0 heterocycles. The maximum Gasteiger partial charge on any atom is 0.221 e. The lowest BCUT2D eigenvalue weighted by Crippen LogP contribution is -2.28. The minimum Gasteiger partial charge on any atom is -0.350 e. The van der Waals surface area contributed by atoms with E-state index in [1.54, 1.807) is 0 Å². The molecule has 3 nitrogen and oxygen atoms in total. The van der Waals surface area contributed by atoms with Gasteiger partial charge in [0.1, 0.15) is 0 Å². The van der Waals surface area contributed by atoms with Crippen LogP contribution in [0.3, 0.4) is 0 Å². The van der Waals surface area contributed by atoms with Crippen molar-refractivity contribution in [1.82, 2.24) is 5.32 Å². The van der Waals surface area contributed by atoms with Crippen molar-refractivity contribution in [1.29, 1.82) is 0 Å². The van der Waals surface area contributed by atoms with Gasteiger partial charge >= 0.3 is 0 Å². The van der Waals surface area contributed by atoms with Gasteiger partial charge in [0.25, 0.3) is 0 Å². The third kappa shape index (κ3) is 3.18. The lowest BCUT2D eigenvalue weighted by atomic mass is 10.1. The summed E-state index contributed by atoms with van der Waals surface area (Å²) in [6.45, 7) is 2.36. The van der Waals surface area contributed by atoms with Gasteiger partial charge in [0, 0.05) is 13.0 Å². The van der Waals surface area contributed by atoms with Crippen molar-refractivity contribution in [3.63, 3.8) is 0 Å². The number of hydrogen-bond donors (Lipinski definition) is 2. The Hall–Kier alpha value is -1.35. The molecule has 0 saturated heterocycles. The highest BCUT2D eigenvalue weighted by molar-refractivity contribution is 5.76. The normalized spacial score (nSPS) is 12.1. The average molecular weight is 192 g/mol. The topological polar surface area (TPSA) is 55.1 Å². The molecule has 0 spiro atoms. The third-order valence-corrected chi connectivity index (χ3v) is 2.05. The van der Waals surface area contributed by atoms with Crippen molar-refractivity contribution in [2.45, 2.75) is 19.4 Å². The summed E-state index contributed by atoms with van der Waals surface area (Å²) >= 11 is 0. The van der Waals surface area contributed by atoms with Crippen LogP contribution in [0.2, 0.25) is 0 Å². The van der Waals surface area contributed by atoms with Gasteiger partial charge < -0.3 is 11.1 Å². The molecular weight excluding hydrogens is 176 g/mol. The zero-order valence-electron chi connectivity index (χ0n) is 8.36. The Bertz CT molecular complexity index is 285. The number of nitrogens with one attached hydrogen (secondary N) is 1. The van der Waals surface area contributed by atoms with Crippen molar-refractivity contribution in [2.24, 2.45) is 5.73 Å². The Morgan fingerprint density at radius 1 is 1.43 bits per heavy atom. The van der Waals surface area contributed by atoms with Gasteiger partial charge in [-0.25, -0.2) is 0 Å². The molecule has 0 aliphatic rings. The molecule has 0 radical (unpaired) electrons. The Labute approximate surface area is 84.3 Å². The predicted octanol–water partition coefficient (Wildman–Crippen LogP) is 1.21. The van der Waals surface area contributed by atoms with Crippen LogP contribution in [0.5, 0.6) is 0 Å². The molecule has 0 fully saturated rings. The van der Waals surface area contributed by atoms with Gasteiger partial charge in [-0.1, -0.05) is 30.3 Å². The van der Waals surface area contributed by atoms with E-state index in [0.29, 0.717) is 13.0 Å². The Balaban J connectivity index is 2.50. The van der Waals surface area contributed by atoms with Gasteiger partial charge in [0.15, 0.2) is 0 Å². The fourth-order valence-electron chi connectivity index (χ4n) is 1.27. The van der Waals surface area contributed by atoms with Gasteiger partial charge in [-0.05, 0) is 12.5 Å². The van der Waals surface area contributed by atoms with Crippen molar-refractivity contribution in [2.75, 3.05) is 6.54 Å². The SMILES string of the molecule is CC(NC(=O)CCN)c1ccccc1. The van der Waals surface area contributed by atoms with Crippen LogP contribution in [-0.2, 0) is 4.79 Å². The largest absolute Gasteiger partial charge is 0.350 e. The predicted molar refractivity (Wildman–Crippen MR) is 56.7 cm³/mol. The van der Waals surface area contributed by atoms with E-state index in [4.69, 9.17) is 5.73 Å². The molecule has 0 bridgehead atoms. The average Bonchev–Trinajstić information content (AvgIpc) is 2.19. The first kappa shape index (κ1) is 10.7. The van der Waals surface area contributed by atoms with Crippen molar-refractivity contribution >= 4 is 5.91 Å². The molecule has 1 aromatic rings. The van der Waals surface area contributed by atoms with Crippen LogP contribution >= 0.6 is 0 Å². The van der Waals surface area contributed by atoms with Crippen molar-refractivity contribution < 1.29 is 4.79 Å². The lowest BCUT2D eigenvalue weighted by Gasteiger charge is -2.13. The lowest BCUT2D eigenvalue weighted by molar-refractivity contribution is -0.121. The van der Waals surface area contributed by atoms with E-state index >= 15 is 0 Å². The van der Waals surface area contributed by atoms with Crippen LogP contribution in [-0.4, -0.2) is 12.5 Å². The first-order valence-electron chi connectivity index (χ1n) is 4.78. The first-order chi connectivity index (χ1) is 6.74. The molecule has 0 saturated carbocycles. The summed E-state index contributed by atoms with van der Waals surface area (Å²) in [4.78, 5) is 11.2. The summed E-state index contributed by atoms with van der Waals surface area (Å²) in [6, 6.07) is 9.91. The Kier molecular flexibility index (Phi) is 4.13. The summed E-state index contributed by atoms with van der Waals surface area (Å²) < 4.78 is 0. The Morgan fingerprint density at radius 2 is 2.07 bits per heavy atom. The number of carbonyl (C=O) groups is 1. The summed E-state index contributed by atoms with van der Waals surface area (Å²) in [6.07, 6.45) is 0.386. The van der Waals surface area contributed by atoms with E-state index < -0.39 is 0 Å². The molecule has 3 N–H and O–H groups in total. The number of nitrogens with two attached hydrogens (primary N) is 1. The second kappa shape index (κ2) is 5.40. The molecule has 1 rings (SSSR count). The number of hydrogen-bond acceptors (Lipinski definition) is 2. The highest BCUT2D eigenvalue weighted by atomic mass is 16.1. The van der Waals surface area contributed by atoms with Gasteiger partial charge in [0.2, 0.25) is 5.91 Å².